The highest BCUT2D eigenvalue weighted by Gasteiger charge is 2.14. The number of imidazole rings is 1. The van der Waals surface area contributed by atoms with Crippen molar-refractivity contribution in [2.75, 3.05) is 19.0 Å². The number of hydrogen-bond donors (Lipinski definition) is 2. The summed E-state index contributed by atoms with van der Waals surface area (Å²) in [6.07, 6.45) is 7.36. The zero-order chi connectivity index (χ0) is 20.3. The lowest BCUT2D eigenvalue weighted by Crippen LogP contribution is -2.07. The minimum absolute atomic E-state index is 0.805. The summed E-state index contributed by atoms with van der Waals surface area (Å²) in [5, 5.41) is 9.18. The maximum atomic E-state index is 5.28. The van der Waals surface area contributed by atoms with Gasteiger partial charge in [-0.3, -0.25) is 0 Å². The molecule has 0 spiro atoms. The average Bonchev–Trinajstić information content (AvgIpc) is 3.47. The van der Waals surface area contributed by atoms with E-state index in [4.69, 9.17) is 9.72 Å². The fourth-order valence-corrected chi connectivity index (χ4v) is 3.66. The molecule has 0 atom stereocenters. The number of methoxy groups -OCH3 is 1. The number of nitrogens with one attached hydrogen (secondary N) is 2. The van der Waals surface area contributed by atoms with Gasteiger partial charge in [0.05, 0.1) is 18.8 Å². The highest BCUT2D eigenvalue weighted by molar-refractivity contribution is 5.93. The summed E-state index contributed by atoms with van der Waals surface area (Å²) < 4.78 is 7.19. The van der Waals surface area contributed by atoms with E-state index in [1.165, 1.54) is 0 Å². The first-order valence-electron chi connectivity index (χ1n) is 9.96. The van der Waals surface area contributed by atoms with Gasteiger partial charge in [-0.05, 0) is 36.2 Å². The van der Waals surface area contributed by atoms with Crippen LogP contribution in [0.1, 0.15) is 12.2 Å². The Bertz CT molecular complexity index is 1270. The Morgan fingerprint density at radius 3 is 2.77 bits per heavy atom. The van der Waals surface area contributed by atoms with Gasteiger partial charge in [0.1, 0.15) is 17.4 Å². The first-order chi connectivity index (χ1) is 14.8. The first kappa shape index (κ1) is 18.2. The van der Waals surface area contributed by atoms with E-state index in [0.717, 1.165) is 64.5 Å². The third-order valence-electron chi connectivity index (χ3n) is 5.19. The SMILES string of the molecule is COc1ccc(-c2cnn3c2nc(NCCCc2ncc[nH]2)c2ccccc23)cc1. The molecule has 150 valence electrons. The van der Waals surface area contributed by atoms with E-state index in [0.29, 0.717) is 0 Å². The number of aromatic amines is 1. The van der Waals surface area contributed by atoms with Crippen molar-refractivity contribution in [3.63, 3.8) is 0 Å². The molecule has 0 saturated carbocycles. The molecule has 0 aliphatic carbocycles. The Hall–Kier alpha value is -3.87. The minimum atomic E-state index is 0.805. The van der Waals surface area contributed by atoms with Crippen LogP contribution in [0, 0.1) is 0 Å². The van der Waals surface area contributed by atoms with Crippen molar-refractivity contribution in [1.29, 1.82) is 0 Å². The van der Waals surface area contributed by atoms with Crippen LogP contribution in [0.4, 0.5) is 5.82 Å². The summed E-state index contributed by atoms with van der Waals surface area (Å²) in [5.74, 6) is 2.70. The molecule has 0 unspecified atom stereocenters. The molecule has 0 aliphatic rings. The lowest BCUT2D eigenvalue weighted by Gasteiger charge is -2.11. The second kappa shape index (κ2) is 7.87. The number of ether oxygens (including phenoxy) is 1. The van der Waals surface area contributed by atoms with Gasteiger partial charge >= 0.3 is 0 Å². The van der Waals surface area contributed by atoms with Crippen molar-refractivity contribution < 1.29 is 4.74 Å². The summed E-state index contributed by atoms with van der Waals surface area (Å²) in [6.45, 7) is 0.805. The van der Waals surface area contributed by atoms with Crippen molar-refractivity contribution in [2.45, 2.75) is 12.8 Å². The highest BCUT2D eigenvalue weighted by Crippen LogP contribution is 2.30. The standard InChI is InChI=1S/C23H22N6O/c1-30-17-10-8-16(9-11-17)19-15-27-29-20-6-3-2-5-18(20)22(28-23(19)29)26-12-4-7-21-24-13-14-25-21/h2-3,5-6,8-11,13-15H,4,7,12H2,1H3,(H,24,25)(H,26,28). The molecular weight excluding hydrogens is 376 g/mol. The number of para-hydroxylation sites is 1. The van der Waals surface area contributed by atoms with Crippen LogP contribution in [-0.4, -0.2) is 38.2 Å². The molecule has 0 bridgehead atoms. The Morgan fingerprint density at radius 1 is 1.10 bits per heavy atom. The molecule has 2 N–H and O–H groups in total. The Balaban J connectivity index is 1.50. The molecule has 0 saturated heterocycles. The van der Waals surface area contributed by atoms with E-state index in [1.807, 2.05) is 53.3 Å². The monoisotopic (exact) mass is 398 g/mol. The van der Waals surface area contributed by atoms with Gasteiger partial charge in [-0.25, -0.2) is 14.5 Å². The molecule has 5 aromatic rings. The fraction of sp³-hybridized carbons (Fsp3) is 0.174. The van der Waals surface area contributed by atoms with Gasteiger partial charge in [0.25, 0.3) is 0 Å². The van der Waals surface area contributed by atoms with Gasteiger partial charge in [-0.1, -0.05) is 24.3 Å². The minimum Gasteiger partial charge on any atom is -0.497 e. The zero-order valence-electron chi connectivity index (χ0n) is 16.7. The average molecular weight is 398 g/mol. The van der Waals surface area contributed by atoms with Crippen LogP contribution in [0.25, 0.3) is 27.7 Å². The fourth-order valence-electron chi connectivity index (χ4n) is 3.66. The molecule has 7 heteroatoms. The number of anilines is 1. The van der Waals surface area contributed by atoms with Gasteiger partial charge in [0.2, 0.25) is 0 Å². The zero-order valence-corrected chi connectivity index (χ0v) is 16.7. The van der Waals surface area contributed by atoms with E-state index in [9.17, 15) is 0 Å². The molecule has 3 aromatic heterocycles. The van der Waals surface area contributed by atoms with Gasteiger partial charge < -0.3 is 15.0 Å². The number of aryl methyl sites for hydroxylation is 1. The predicted octanol–water partition coefficient (Wildman–Crippen LogP) is 4.33. The molecule has 3 heterocycles. The van der Waals surface area contributed by atoms with Crippen molar-refractivity contribution in [3.05, 3.63) is 72.9 Å². The van der Waals surface area contributed by atoms with E-state index in [2.05, 4.69) is 32.5 Å². The lowest BCUT2D eigenvalue weighted by atomic mass is 10.1. The van der Waals surface area contributed by atoms with Gasteiger partial charge in [0.15, 0.2) is 5.65 Å². The molecule has 0 radical (unpaired) electrons. The molecule has 30 heavy (non-hydrogen) atoms. The smallest absolute Gasteiger partial charge is 0.165 e. The Labute approximate surface area is 173 Å². The second-order valence-electron chi connectivity index (χ2n) is 7.07. The van der Waals surface area contributed by atoms with E-state index in [1.54, 1.807) is 13.3 Å². The highest BCUT2D eigenvalue weighted by atomic mass is 16.5. The molecule has 2 aromatic carbocycles. The molecule has 5 rings (SSSR count). The van der Waals surface area contributed by atoms with Crippen molar-refractivity contribution >= 4 is 22.4 Å². The van der Waals surface area contributed by atoms with Crippen LogP contribution in [0.2, 0.25) is 0 Å². The number of nitrogens with zero attached hydrogens (tertiary/aromatic N) is 4. The summed E-state index contributed by atoms with van der Waals surface area (Å²) in [4.78, 5) is 12.4. The number of fused-ring (bicyclic) bond motifs is 3. The molecular formula is C23H22N6O. The molecule has 0 amide bonds. The van der Waals surface area contributed by atoms with E-state index >= 15 is 0 Å². The molecule has 0 fully saturated rings. The third kappa shape index (κ3) is 3.34. The summed E-state index contributed by atoms with van der Waals surface area (Å²) in [7, 11) is 1.67. The van der Waals surface area contributed by atoms with Gasteiger partial charge in [-0.15, -0.1) is 0 Å². The maximum Gasteiger partial charge on any atom is 0.165 e. The largest absolute Gasteiger partial charge is 0.497 e. The van der Waals surface area contributed by atoms with Crippen LogP contribution in [0.5, 0.6) is 5.75 Å². The summed E-state index contributed by atoms with van der Waals surface area (Å²) in [5.41, 5.74) is 3.89. The lowest BCUT2D eigenvalue weighted by molar-refractivity contribution is 0.415. The van der Waals surface area contributed by atoms with Crippen LogP contribution in [-0.2, 0) is 6.42 Å². The van der Waals surface area contributed by atoms with Gasteiger partial charge in [0, 0.05) is 36.3 Å². The number of H-pyrrole nitrogens is 1. The predicted molar refractivity (Wildman–Crippen MR) is 118 cm³/mol. The normalized spacial score (nSPS) is 11.2. The summed E-state index contributed by atoms with van der Waals surface area (Å²) >= 11 is 0. The van der Waals surface area contributed by atoms with Crippen molar-refractivity contribution in [1.82, 2.24) is 24.6 Å². The topological polar surface area (TPSA) is 80.1 Å². The van der Waals surface area contributed by atoms with E-state index in [-0.39, 0.29) is 0 Å². The van der Waals surface area contributed by atoms with Crippen molar-refractivity contribution in [2.24, 2.45) is 0 Å². The second-order valence-corrected chi connectivity index (χ2v) is 7.07. The molecule has 0 aliphatic heterocycles. The summed E-state index contributed by atoms with van der Waals surface area (Å²) in [6, 6.07) is 16.2. The van der Waals surface area contributed by atoms with E-state index < -0.39 is 0 Å². The maximum absolute atomic E-state index is 5.28. The first-order valence-corrected chi connectivity index (χ1v) is 9.96. The third-order valence-corrected chi connectivity index (χ3v) is 5.19. The van der Waals surface area contributed by atoms with Crippen molar-refractivity contribution in [3.8, 4) is 16.9 Å². The van der Waals surface area contributed by atoms with Crippen LogP contribution in [0.15, 0.2) is 67.1 Å². The quantitative estimate of drug-likeness (QED) is 0.399. The molecule has 7 nitrogen and oxygen atoms in total. The van der Waals surface area contributed by atoms with Gasteiger partial charge in [-0.2, -0.15) is 5.10 Å². The van der Waals surface area contributed by atoms with Crippen LogP contribution < -0.4 is 10.1 Å². The number of hydrogen-bond acceptors (Lipinski definition) is 5. The Morgan fingerprint density at radius 2 is 1.97 bits per heavy atom. The number of rotatable bonds is 7. The van der Waals surface area contributed by atoms with Crippen LogP contribution in [0.3, 0.4) is 0 Å². The number of aromatic nitrogens is 5. The Kier molecular flexibility index (Phi) is 4.77. The van der Waals surface area contributed by atoms with Crippen LogP contribution >= 0.6 is 0 Å². The number of benzene rings is 2.